The minimum atomic E-state index is -0.156. The van der Waals surface area contributed by atoms with Crippen LogP contribution in [0, 0.1) is 0 Å². The molecule has 0 bridgehead atoms. The molecule has 1 fully saturated rings. The molecule has 1 saturated heterocycles. The number of morpholine rings is 1. The molecule has 0 aliphatic carbocycles. The van der Waals surface area contributed by atoms with E-state index >= 15 is 0 Å². The first-order valence-corrected chi connectivity index (χ1v) is 11.5. The minimum absolute atomic E-state index is 0.0704. The molecule has 2 aromatic carbocycles. The monoisotopic (exact) mass is 463 g/mol. The Hall–Kier alpha value is -3.56. The van der Waals surface area contributed by atoms with Gasteiger partial charge in [-0.1, -0.05) is 36.3 Å². The lowest BCUT2D eigenvalue weighted by atomic mass is 10.1. The predicted octanol–water partition coefficient (Wildman–Crippen LogP) is 3.14. The number of hydrogen-bond donors (Lipinski definition) is 2. The van der Waals surface area contributed by atoms with E-state index in [1.54, 1.807) is 24.3 Å². The van der Waals surface area contributed by atoms with Gasteiger partial charge in [-0.15, -0.1) is 0 Å². The normalized spacial score (nSPS) is 14.0. The maximum Gasteiger partial charge on any atom is 0.238 e. The first-order chi connectivity index (χ1) is 16.6. The molecule has 2 amide bonds. The van der Waals surface area contributed by atoms with Crippen molar-refractivity contribution in [3.05, 3.63) is 60.0 Å². The summed E-state index contributed by atoms with van der Waals surface area (Å²) in [5.41, 5.74) is 3.46. The Kier molecular flexibility index (Phi) is 8.00. The van der Waals surface area contributed by atoms with Crippen LogP contribution in [0.4, 0.5) is 11.4 Å². The summed E-state index contributed by atoms with van der Waals surface area (Å²) in [5, 5.41) is 9.74. The van der Waals surface area contributed by atoms with E-state index in [9.17, 15) is 9.59 Å². The van der Waals surface area contributed by atoms with Crippen molar-refractivity contribution in [1.29, 1.82) is 0 Å². The lowest BCUT2D eigenvalue weighted by Gasteiger charge is -2.25. The van der Waals surface area contributed by atoms with Gasteiger partial charge in [-0.2, -0.15) is 4.98 Å². The Morgan fingerprint density at radius 3 is 2.24 bits per heavy atom. The van der Waals surface area contributed by atoms with Crippen molar-refractivity contribution in [2.45, 2.75) is 26.2 Å². The zero-order chi connectivity index (χ0) is 23.8. The first kappa shape index (κ1) is 23.6. The number of benzene rings is 2. The Balaban J connectivity index is 1.21. The molecule has 3 aromatic rings. The van der Waals surface area contributed by atoms with Crippen LogP contribution in [-0.4, -0.2) is 59.7 Å². The lowest BCUT2D eigenvalue weighted by molar-refractivity contribution is -0.118. The number of nitrogens with zero attached hydrogens (tertiary/aromatic N) is 3. The Bertz CT molecular complexity index is 1090. The summed E-state index contributed by atoms with van der Waals surface area (Å²) in [6, 6.07) is 15.1. The number of anilines is 2. The highest BCUT2D eigenvalue weighted by molar-refractivity contribution is 5.93. The second kappa shape index (κ2) is 11.5. The summed E-state index contributed by atoms with van der Waals surface area (Å²) in [6.07, 6.45) is 1.54. The summed E-state index contributed by atoms with van der Waals surface area (Å²) in [5.74, 6) is 0.711. The second-order valence-corrected chi connectivity index (χ2v) is 8.12. The number of carbonyl (C=O) groups is 2. The standard InChI is InChI=1S/C25H29N5O4/c1-2-18-3-5-19(6-4-18)25-28-24(34-29-25)12-11-22(31)26-20-7-9-21(10-8-20)27-23(32)17-30-13-15-33-16-14-30/h3-10H,2,11-17H2,1H3,(H,26,31)(H,27,32). The minimum Gasteiger partial charge on any atom is -0.379 e. The zero-order valence-corrected chi connectivity index (χ0v) is 19.3. The SMILES string of the molecule is CCc1ccc(-c2noc(CCC(=O)Nc3ccc(NC(=O)CN4CCOCC4)cc3)n2)cc1. The molecule has 0 spiro atoms. The fourth-order valence-corrected chi connectivity index (χ4v) is 3.61. The zero-order valence-electron chi connectivity index (χ0n) is 19.3. The summed E-state index contributed by atoms with van der Waals surface area (Å²) >= 11 is 0. The number of rotatable bonds is 9. The topological polar surface area (TPSA) is 110 Å². The van der Waals surface area contributed by atoms with Gasteiger partial charge in [0, 0.05) is 42.9 Å². The molecule has 178 valence electrons. The van der Waals surface area contributed by atoms with Crippen molar-refractivity contribution in [1.82, 2.24) is 15.0 Å². The highest BCUT2D eigenvalue weighted by atomic mass is 16.5. The van der Waals surface area contributed by atoms with Gasteiger partial charge in [-0.25, -0.2) is 0 Å². The third-order valence-electron chi connectivity index (χ3n) is 5.58. The molecule has 9 nitrogen and oxygen atoms in total. The largest absolute Gasteiger partial charge is 0.379 e. The molecule has 34 heavy (non-hydrogen) atoms. The number of hydrogen-bond acceptors (Lipinski definition) is 7. The van der Waals surface area contributed by atoms with Gasteiger partial charge in [0.2, 0.25) is 23.5 Å². The van der Waals surface area contributed by atoms with Gasteiger partial charge in [-0.05, 0) is 36.2 Å². The number of carbonyl (C=O) groups excluding carboxylic acids is 2. The van der Waals surface area contributed by atoms with Crippen LogP contribution in [-0.2, 0) is 27.2 Å². The van der Waals surface area contributed by atoms with E-state index in [1.807, 2.05) is 24.3 Å². The summed E-state index contributed by atoms with van der Waals surface area (Å²) in [7, 11) is 0. The van der Waals surface area contributed by atoms with Gasteiger partial charge in [0.15, 0.2) is 0 Å². The van der Waals surface area contributed by atoms with Gasteiger partial charge in [0.25, 0.3) is 0 Å². The molecule has 0 saturated carbocycles. The van der Waals surface area contributed by atoms with Crippen LogP contribution in [0.2, 0.25) is 0 Å². The highest BCUT2D eigenvalue weighted by Gasteiger charge is 2.14. The van der Waals surface area contributed by atoms with Crippen LogP contribution >= 0.6 is 0 Å². The van der Waals surface area contributed by atoms with Crippen molar-refractivity contribution in [3.8, 4) is 11.4 Å². The predicted molar refractivity (Wildman–Crippen MR) is 128 cm³/mol. The van der Waals surface area contributed by atoms with Crippen LogP contribution < -0.4 is 10.6 Å². The quantitative estimate of drug-likeness (QED) is 0.502. The molecule has 0 radical (unpaired) electrons. The molecule has 1 aliphatic heterocycles. The van der Waals surface area contributed by atoms with Crippen LogP contribution in [0.1, 0.15) is 24.8 Å². The average Bonchev–Trinajstić information content (AvgIpc) is 3.34. The summed E-state index contributed by atoms with van der Waals surface area (Å²) in [6.45, 7) is 5.27. The Labute approximate surface area is 198 Å². The maximum absolute atomic E-state index is 12.3. The van der Waals surface area contributed by atoms with E-state index in [0.29, 0.717) is 49.3 Å². The Morgan fingerprint density at radius 2 is 1.59 bits per heavy atom. The summed E-state index contributed by atoms with van der Waals surface area (Å²) < 4.78 is 10.6. The number of ether oxygens (including phenoxy) is 1. The van der Waals surface area contributed by atoms with Gasteiger partial charge in [-0.3, -0.25) is 14.5 Å². The number of amides is 2. The molecular formula is C25H29N5O4. The van der Waals surface area contributed by atoms with Gasteiger partial charge >= 0.3 is 0 Å². The molecule has 2 N–H and O–H groups in total. The molecule has 2 heterocycles. The molecular weight excluding hydrogens is 434 g/mol. The van der Waals surface area contributed by atoms with E-state index in [2.05, 4.69) is 32.6 Å². The number of nitrogens with one attached hydrogen (secondary N) is 2. The highest BCUT2D eigenvalue weighted by Crippen LogP contribution is 2.18. The van der Waals surface area contributed by atoms with E-state index in [0.717, 1.165) is 25.1 Å². The van der Waals surface area contributed by atoms with E-state index in [1.165, 1.54) is 5.56 Å². The number of aryl methyl sites for hydroxylation is 2. The Morgan fingerprint density at radius 1 is 0.941 bits per heavy atom. The van der Waals surface area contributed by atoms with Gasteiger partial charge < -0.3 is 19.9 Å². The average molecular weight is 464 g/mol. The first-order valence-electron chi connectivity index (χ1n) is 11.5. The van der Waals surface area contributed by atoms with E-state index in [-0.39, 0.29) is 18.2 Å². The van der Waals surface area contributed by atoms with Crippen molar-refractivity contribution in [3.63, 3.8) is 0 Å². The maximum atomic E-state index is 12.3. The van der Waals surface area contributed by atoms with Crippen LogP contribution in [0.5, 0.6) is 0 Å². The molecule has 1 aliphatic rings. The molecule has 0 atom stereocenters. The van der Waals surface area contributed by atoms with Crippen molar-refractivity contribution < 1.29 is 18.8 Å². The molecule has 4 rings (SSSR count). The second-order valence-electron chi connectivity index (χ2n) is 8.12. The molecule has 1 aromatic heterocycles. The van der Waals surface area contributed by atoms with Crippen LogP contribution in [0.25, 0.3) is 11.4 Å². The van der Waals surface area contributed by atoms with Crippen LogP contribution in [0.15, 0.2) is 53.1 Å². The summed E-state index contributed by atoms with van der Waals surface area (Å²) in [4.78, 5) is 31.0. The van der Waals surface area contributed by atoms with E-state index < -0.39 is 0 Å². The fraction of sp³-hybridized carbons (Fsp3) is 0.360. The third-order valence-corrected chi connectivity index (χ3v) is 5.58. The third kappa shape index (κ3) is 6.72. The number of aromatic nitrogens is 2. The molecule has 9 heteroatoms. The van der Waals surface area contributed by atoms with Gasteiger partial charge in [0.05, 0.1) is 19.8 Å². The van der Waals surface area contributed by atoms with Crippen molar-refractivity contribution in [2.24, 2.45) is 0 Å². The van der Waals surface area contributed by atoms with Gasteiger partial charge in [0.1, 0.15) is 0 Å². The van der Waals surface area contributed by atoms with E-state index in [4.69, 9.17) is 9.26 Å². The smallest absolute Gasteiger partial charge is 0.238 e. The lowest BCUT2D eigenvalue weighted by Crippen LogP contribution is -2.41. The van der Waals surface area contributed by atoms with Crippen molar-refractivity contribution >= 4 is 23.2 Å². The molecule has 0 unspecified atom stereocenters. The van der Waals surface area contributed by atoms with Crippen LogP contribution in [0.3, 0.4) is 0 Å². The fourth-order valence-electron chi connectivity index (χ4n) is 3.61. The van der Waals surface area contributed by atoms with Crippen molar-refractivity contribution in [2.75, 3.05) is 43.5 Å².